The maximum atomic E-state index is 13.8. The Labute approximate surface area is 188 Å². The van der Waals surface area contributed by atoms with Crippen LogP contribution >= 0.6 is 0 Å². The molecule has 3 aromatic carbocycles. The molecular formula is C27H26N2O3. The van der Waals surface area contributed by atoms with E-state index in [1.54, 1.807) is 5.06 Å². The minimum absolute atomic E-state index is 0.209. The van der Waals surface area contributed by atoms with Gasteiger partial charge < -0.3 is 0 Å². The quantitative estimate of drug-likeness (QED) is 0.555. The molecule has 0 unspecified atom stereocenters. The second-order valence-corrected chi connectivity index (χ2v) is 8.83. The molecule has 32 heavy (non-hydrogen) atoms. The number of rotatable bonds is 3. The lowest BCUT2D eigenvalue weighted by molar-refractivity contribution is -0.126. The zero-order valence-electron chi connectivity index (χ0n) is 18.7. The van der Waals surface area contributed by atoms with E-state index in [2.05, 4.69) is 0 Å². The van der Waals surface area contributed by atoms with E-state index in [9.17, 15) is 9.59 Å². The van der Waals surface area contributed by atoms with E-state index in [0.29, 0.717) is 5.69 Å². The van der Waals surface area contributed by atoms with Crippen molar-refractivity contribution >= 4 is 23.2 Å². The van der Waals surface area contributed by atoms with Crippen molar-refractivity contribution in [3.63, 3.8) is 0 Å². The first-order valence-electron chi connectivity index (χ1n) is 10.9. The zero-order chi connectivity index (χ0) is 22.6. The van der Waals surface area contributed by atoms with Gasteiger partial charge in [0.25, 0.3) is 5.91 Å². The number of carbonyl (C=O) groups is 2. The predicted molar refractivity (Wildman–Crippen MR) is 124 cm³/mol. The average Bonchev–Trinajstić information content (AvgIpc) is 3.26. The van der Waals surface area contributed by atoms with Gasteiger partial charge in [0.15, 0.2) is 6.10 Å². The third-order valence-corrected chi connectivity index (χ3v) is 6.40. The largest absolute Gasteiger partial charge is 0.273 e. The number of para-hydroxylation sites is 1. The van der Waals surface area contributed by atoms with Crippen LogP contribution in [0, 0.1) is 33.6 Å². The number of nitrogens with zero attached hydrogens (tertiary/aromatic N) is 2. The summed E-state index contributed by atoms with van der Waals surface area (Å²) in [5.74, 6) is -1.13. The lowest BCUT2D eigenvalue weighted by Gasteiger charge is -2.29. The summed E-state index contributed by atoms with van der Waals surface area (Å²) in [5.41, 5.74) is 6.52. The Balaban J connectivity index is 1.61. The molecule has 3 aromatic rings. The van der Waals surface area contributed by atoms with Gasteiger partial charge in [-0.25, -0.2) is 9.96 Å². The van der Waals surface area contributed by atoms with Crippen LogP contribution in [0.2, 0.25) is 0 Å². The Morgan fingerprint density at radius 1 is 0.750 bits per heavy atom. The summed E-state index contributed by atoms with van der Waals surface area (Å²) in [6.07, 6.45) is -0.853. The van der Waals surface area contributed by atoms with Crippen LogP contribution in [0.5, 0.6) is 0 Å². The molecule has 2 amide bonds. The zero-order valence-corrected chi connectivity index (χ0v) is 18.7. The molecule has 0 saturated carbocycles. The van der Waals surface area contributed by atoms with E-state index in [0.717, 1.165) is 33.5 Å². The Hall–Kier alpha value is -3.44. The van der Waals surface area contributed by atoms with E-state index in [-0.39, 0.29) is 11.8 Å². The number of imide groups is 1. The normalized spacial score (nSPS) is 22.6. The molecule has 2 aliphatic heterocycles. The van der Waals surface area contributed by atoms with Crippen LogP contribution in [-0.4, -0.2) is 17.9 Å². The fraction of sp³-hybridized carbons (Fsp3) is 0.259. The van der Waals surface area contributed by atoms with E-state index < -0.39 is 18.1 Å². The van der Waals surface area contributed by atoms with Gasteiger partial charge in [-0.05, 0) is 56.5 Å². The Morgan fingerprint density at radius 3 is 2.00 bits per heavy atom. The van der Waals surface area contributed by atoms with Crippen LogP contribution in [-0.2, 0) is 14.4 Å². The molecule has 0 radical (unpaired) electrons. The average molecular weight is 427 g/mol. The number of hydrogen-bond donors (Lipinski definition) is 0. The highest BCUT2D eigenvalue weighted by atomic mass is 16.7. The van der Waals surface area contributed by atoms with Gasteiger partial charge in [0, 0.05) is 0 Å². The minimum atomic E-state index is -0.853. The van der Waals surface area contributed by atoms with E-state index >= 15 is 0 Å². The molecule has 5 heteroatoms. The lowest BCUT2D eigenvalue weighted by atomic mass is 9.90. The van der Waals surface area contributed by atoms with Crippen molar-refractivity contribution in [2.45, 2.75) is 39.8 Å². The first-order chi connectivity index (χ1) is 15.4. The van der Waals surface area contributed by atoms with Gasteiger partial charge in [0.1, 0.15) is 5.92 Å². The van der Waals surface area contributed by atoms with Gasteiger partial charge >= 0.3 is 0 Å². The molecule has 3 atom stereocenters. The molecule has 0 aliphatic carbocycles. The van der Waals surface area contributed by atoms with Crippen LogP contribution in [0.3, 0.4) is 0 Å². The third-order valence-electron chi connectivity index (χ3n) is 6.40. The first kappa shape index (κ1) is 20.5. The maximum absolute atomic E-state index is 13.8. The number of hydroxylamine groups is 1. The highest BCUT2D eigenvalue weighted by Gasteiger charge is 2.60. The van der Waals surface area contributed by atoms with Crippen molar-refractivity contribution in [2.75, 3.05) is 9.96 Å². The van der Waals surface area contributed by atoms with Crippen molar-refractivity contribution in [1.82, 2.24) is 0 Å². The van der Waals surface area contributed by atoms with Crippen molar-refractivity contribution in [3.05, 3.63) is 94.5 Å². The summed E-state index contributed by atoms with van der Waals surface area (Å²) >= 11 is 0. The molecule has 0 aromatic heterocycles. The fourth-order valence-corrected chi connectivity index (χ4v) is 5.06. The summed E-state index contributed by atoms with van der Waals surface area (Å²) in [4.78, 5) is 34.9. The molecule has 162 valence electrons. The molecule has 2 aliphatic rings. The van der Waals surface area contributed by atoms with Crippen molar-refractivity contribution in [2.24, 2.45) is 5.92 Å². The smallest absolute Gasteiger partial charge is 0.266 e. The maximum Gasteiger partial charge on any atom is 0.266 e. The molecule has 0 bridgehead atoms. The van der Waals surface area contributed by atoms with Gasteiger partial charge in [0.2, 0.25) is 5.91 Å². The Morgan fingerprint density at radius 2 is 1.38 bits per heavy atom. The first-order valence-corrected chi connectivity index (χ1v) is 10.9. The van der Waals surface area contributed by atoms with E-state index in [4.69, 9.17) is 4.84 Å². The second-order valence-electron chi connectivity index (χ2n) is 8.83. The standard InChI is InChI=1S/C27H26N2O3/c1-16-10-12-20(13-11-16)24-22-25(32-29(24)21-8-6-5-7-9-21)27(31)28(26(22)30)23-18(3)14-17(2)15-19(23)4/h5-15,22,24-25H,1-4H3/t22-,24+,25-/m1/s1. The van der Waals surface area contributed by atoms with Crippen LogP contribution in [0.4, 0.5) is 11.4 Å². The molecular weight excluding hydrogens is 400 g/mol. The van der Waals surface area contributed by atoms with Crippen LogP contribution in [0.15, 0.2) is 66.7 Å². The number of hydrogen-bond acceptors (Lipinski definition) is 4. The van der Waals surface area contributed by atoms with Crippen molar-refractivity contribution in [1.29, 1.82) is 0 Å². The molecule has 2 saturated heterocycles. The molecule has 5 rings (SSSR count). The molecule has 0 spiro atoms. The molecule has 0 N–H and O–H groups in total. The fourth-order valence-electron chi connectivity index (χ4n) is 5.06. The summed E-state index contributed by atoms with van der Waals surface area (Å²) in [5, 5.41) is 1.74. The Bertz CT molecular complexity index is 1180. The van der Waals surface area contributed by atoms with Gasteiger partial charge in [0.05, 0.1) is 17.4 Å². The number of fused-ring (bicyclic) bond motifs is 1. The van der Waals surface area contributed by atoms with Crippen LogP contribution in [0.25, 0.3) is 0 Å². The topological polar surface area (TPSA) is 49.9 Å². The molecule has 2 heterocycles. The highest BCUT2D eigenvalue weighted by molar-refractivity contribution is 6.24. The number of aryl methyl sites for hydroxylation is 4. The summed E-state index contributed by atoms with van der Waals surface area (Å²) < 4.78 is 0. The number of amides is 2. The van der Waals surface area contributed by atoms with Crippen molar-refractivity contribution < 1.29 is 14.4 Å². The van der Waals surface area contributed by atoms with Gasteiger partial charge in [-0.3, -0.25) is 14.4 Å². The second kappa shape index (κ2) is 7.61. The van der Waals surface area contributed by atoms with Crippen LogP contribution in [0.1, 0.15) is 33.9 Å². The summed E-state index contributed by atoms with van der Waals surface area (Å²) in [6, 6.07) is 21.4. The highest BCUT2D eigenvalue weighted by Crippen LogP contribution is 2.48. The third kappa shape index (κ3) is 3.12. The summed E-state index contributed by atoms with van der Waals surface area (Å²) in [6.45, 7) is 7.93. The Kier molecular flexibility index (Phi) is 4.86. The van der Waals surface area contributed by atoms with Crippen molar-refractivity contribution in [3.8, 4) is 0 Å². The van der Waals surface area contributed by atoms with Crippen LogP contribution < -0.4 is 9.96 Å². The minimum Gasteiger partial charge on any atom is -0.273 e. The molecule has 2 fully saturated rings. The number of carbonyl (C=O) groups excluding carboxylic acids is 2. The van der Waals surface area contributed by atoms with E-state index in [1.165, 1.54) is 4.90 Å². The predicted octanol–water partition coefficient (Wildman–Crippen LogP) is 4.97. The summed E-state index contributed by atoms with van der Waals surface area (Å²) in [7, 11) is 0. The van der Waals surface area contributed by atoms with Gasteiger partial charge in [-0.15, -0.1) is 0 Å². The lowest BCUT2D eigenvalue weighted by Crippen LogP contribution is -2.38. The van der Waals surface area contributed by atoms with Gasteiger partial charge in [-0.2, -0.15) is 0 Å². The monoisotopic (exact) mass is 426 g/mol. The van der Waals surface area contributed by atoms with Gasteiger partial charge in [-0.1, -0.05) is 65.7 Å². The SMILES string of the molecule is Cc1ccc([C@H]2[C@H]3C(=O)N(c4c(C)cc(C)cc4C)C(=O)[C@@H]3ON2c2ccccc2)cc1. The number of benzene rings is 3. The molecule has 5 nitrogen and oxygen atoms in total. The van der Waals surface area contributed by atoms with E-state index in [1.807, 2.05) is 94.4 Å². The number of anilines is 2.